The summed E-state index contributed by atoms with van der Waals surface area (Å²) in [6, 6.07) is 21.1. The molecule has 0 saturated carbocycles. The number of non-ortho nitro benzene ring substituents is 1. The van der Waals surface area contributed by atoms with Crippen LogP contribution in [0.3, 0.4) is 0 Å². The number of aromatic amines is 1. The molecule has 1 amide bonds. The summed E-state index contributed by atoms with van der Waals surface area (Å²) in [7, 11) is 0. The van der Waals surface area contributed by atoms with Gasteiger partial charge in [0, 0.05) is 43.7 Å². The number of carbonyl (C=O) groups excluding carboxylic acids is 2. The summed E-state index contributed by atoms with van der Waals surface area (Å²) < 4.78 is 20.7. The zero-order valence-corrected chi connectivity index (χ0v) is 23.1. The number of benzene rings is 4. The van der Waals surface area contributed by atoms with Crippen LogP contribution in [0.15, 0.2) is 94.5 Å². The van der Waals surface area contributed by atoms with Gasteiger partial charge in [-0.05, 0) is 42.5 Å². The molecule has 0 fully saturated rings. The third-order valence-corrected chi connectivity index (χ3v) is 6.83. The van der Waals surface area contributed by atoms with E-state index in [1.165, 1.54) is 42.6 Å². The number of carbonyl (C=O) groups is 2. The van der Waals surface area contributed by atoms with E-state index in [1.807, 2.05) is 0 Å². The first kappa shape index (κ1) is 27.7. The molecule has 41 heavy (non-hydrogen) atoms. The quantitative estimate of drug-likeness (QED) is 0.0639. The summed E-state index contributed by atoms with van der Waals surface area (Å²) >= 11 is 9.76. The van der Waals surface area contributed by atoms with Crippen LogP contribution in [-0.4, -0.2) is 28.0 Å². The predicted octanol–water partition coefficient (Wildman–Crippen LogP) is 7.28. The van der Waals surface area contributed by atoms with E-state index in [4.69, 9.17) is 16.3 Å². The van der Waals surface area contributed by atoms with E-state index < -0.39 is 22.6 Å². The van der Waals surface area contributed by atoms with Crippen molar-refractivity contribution in [3.05, 3.63) is 127 Å². The fraction of sp³-hybridized carbons (Fsp3) is 0. The molecule has 0 atom stereocenters. The maximum Gasteiger partial charge on any atom is 0.343 e. The van der Waals surface area contributed by atoms with Crippen molar-refractivity contribution in [2.24, 2.45) is 5.10 Å². The van der Waals surface area contributed by atoms with E-state index in [1.54, 1.807) is 48.5 Å². The Morgan fingerprint density at radius 1 is 1.05 bits per heavy atom. The molecule has 4 aromatic carbocycles. The van der Waals surface area contributed by atoms with Crippen LogP contribution < -0.4 is 10.2 Å². The van der Waals surface area contributed by atoms with E-state index in [0.29, 0.717) is 31.6 Å². The molecule has 0 aliphatic rings. The van der Waals surface area contributed by atoms with Gasteiger partial charge in [-0.2, -0.15) is 5.10 Å². The van der Waals surface area contributed by atoms with Gasteiger partial charge in [-0.15, -0.1) is 0 Å². The SMILES string of the molecule is O=C(Oc1ccc(Br)cc1C=NNC(=O)c1[nH]c2c(F)cccc2c1-c1ccccc1Cl)c1ccc([N+](=O)[O-])cc1. The Morgan fingerprint density at radius 2 is 1.80 bits per heavy atom. The van der Waals surface area contributed by atoms with Gasteiger partial charge >= 0.3 is 5.97 Å². The topological polar surface area (TPSA) is 127 Å². The lowest BCUT2D eigenvalue weighted by atomic mass is 10.0. The van der Waals surface area contributed by atoms with Crippen LogP contribution in [0.4, 0.5) is 10.1 Å². The second-order valence-corrected chi connectivity index (χ2v) is 9.91. The number of aromatic nitrogens is 1. The lowest BCUT2D eigenvalue weighted by molar-refractivity contribution is -0.384. The van der Waals surface area contributed by atoms with Gasteiger partial charge in [-0.25, -0.2) is 14.6 Å². The number of nitrogens with one attached hydrogen (secondary N) is 2. The standard InChI is InChI=1S/C29H17BrClFN4O5/c30-18-10-13-24(41-29(38)16-8-11-19(12-9-16)36(39)40)17(14-18)15-33-35-28(37)27-25(20-4-1-2-6-22(20)31)21-5-3-7-23(32)26(21)34-27/h1-15,34H,(H,35,37). The monoisotopic (exact) mass is 634 g/mol. The summed E-state index contributed by atoms with van der Waals surface area (Å²) in [5.41, 5.74) is 3.84. The molecule has 9 nitrogen and oxygen atoms in total. The number of amides is 1. The van der Waals surface area contributed by atoms with Crippen molar-refractivity contribution >= 4 is 62.2 Å². The Balaban J connectivity index is 1.41. The first-order valence-corrected chi connectivity index (χ1v) is 13.0. The van der Waals surface area contributed by atoms with Crippen molar-refractivity contribution in [3.63, 3.8) is 0 Å². The third-order valence-electron chi connectivity index (χ3n) is 6.01. The second kappa shape index (κ2) is 11.7. The van der Waals surface area contributed by atoms with Gasteiger partial charge in [0.2, 0.25) is 0 Å². The molecular weight excluding hydrogens is 619 g/mol. The molecule has 204 valence electrons. The van der Waals surface area contributed by atoms with Crippen molar-refractivity contribution in [2.75, 3.05) is 0 Å². The molecular formula is C29H17BrClFN4O5. The first-order valence-electron chi connectivity index (χ1n) is 11.9. The first-order chi connectivity index (χ1) is 19.7. The Kier molecular flexibility index (Phi) is 7.90. The van der Waals surface area contributed by atoms with Crippen LogP contribution in [0.25, 0.3) is 22.0 Å². The number of hydrogen-bond acceptors (Lipinski definition) is 6. The number of fused-ring (bicyclic) bond motifs is 1. The highest BCUT2D eigenvalue weighted by Crippen LogP contribution is 2.37. The minimum atomic E-state index is -0.745. The van der Waals surface area contributed by atoms with E-state index in [2.05, 4.69) is 31.4 Å². The Bertz CT molecular complexity index is 1860. The van der Waals surface area contributed by atoms with Gasteiger partial charge < -0.3 is 9.72 Å². The number of nitrogens with zero attached hydrogens (tertiary/aromatic N) is 2. The lowest BCUT2D eigenvalue weighted by Crippen LogP contribution is -2.19. The number of hydrazone groups is 1. The zero-order valence-electron chi connectivity index (χ0n) is 20.7. The summed E-state index contributed by atoms with van der Waals surface area (Å²) in [6.07, 6.45) is 1.28. The molecule has 0 spiro atoms. The smallest absolute Gasteiger partial charge is 0.343 e. The minimum Gasteiger partial charge on any atom is -0.422 e. The molecule has 1 heterocycles. The number of nitro benzene ring substituents is 1. The van der Waals surface area contributed by atoms with Crippen LogP contribution >= 0.6 is 27.5 Å². The molecule has 1 aromatic heterocycles. The number of ether oxygens (including phenoxy) is 1. The number of halogens is 3. The summed E-state index contributed by atoms with van der Waals surface area (Å²) in [5, 5.41) is 15.7. The van der Waals surface area contributed by atoms with Crippen molar-refractivity contribution in [2.45, 2.75) is 0 Å². The number of para-hydroxylation sites is 1. The van der Waals surface area contributed by atoms with Crippen molar-refractivity contribution in [1.29, 1.82) is 0 Å². The Morgan fingerprint density at radius 3 is 2.54 bits per heavy atom. The maximum absolute atomic E-state index is 14.6. The number of hydrogen-bond donors (Lipinski definition) is 2. The highest BCUT2D eigenvalue weighted by molar-refractivity contribution is 9.10. The number of H-pyrrole nitrogens is 1. The lowest BCUT2D eigenvalue weighted by Gasteiger charge is -2.08. The average molecular weight is 636 g/mol. The van der Waals surface area contributed by atoms with E-state index in [-0.39, 0.29) is 28.2 Å². The van der Waals surface area contributed by atoms with Crippen LogP contribution in [0.2, 0.25) is 5.02 Å². The number of rotatable bonds is 7. The molecule has 0 aliphatic carbocycles. The van der Waals surface area contributed by atoms with Crippen LogP contribution in [0.5, 0.6) is 5.75 Å². The van der Waals surface area contributed by atoms with Gasteiger partial charge in [-0.1, -0.05) is 57.9 Å². The largest absolute Gasteiger partial charge is 0.422 e. The van der Waals surface area contributed by atoms with E-state index in [0.717, 1.165) is 0 Å². The Labute approximate surface area is 244 Å². The van der Waals surface area contributed by atoms with Crippen LogP contribution in [0.1, 0.15) is 26.4 Å². The third kappa shape index (κ3) is 5.86. The predicted molar refractivity (Wildman–Crippen MR) is 156 cm³/mol. The van der Waals surface area contributed by atoms with Crippen LogP contribution in [-0.2, 0) is 0 Å². The fourth-order valence-electron chi connectivity index (χ4n) is 4.10. The zero-order chi connectivity index (χ0) is 29.1. The van der Waals surface area contributed by atoms with E-state index >= 15 is 0 Å². The highest BCUT2D eigenvalue weighted by Gasteiger charge is 2.22. The Hall–Kier alpha value is -4.87. The molecule has 0 saturated heterocycles. The molecule has 0 unspecified atom stereocenters. The van der Waals surface area contributed by atoms with Gasteiger partial charge in [-0.3, -0.25) is 14.9 Å². The molecule has 0 radical (unpaired) electrons. The van der Waals surface area contributed by atoms with Crippen molar-refractivity contribution in [1.82, 2.24) is 10.4 Å². The molecule has 0 bridgehead atoms. The molecule has 12 heteroatoms. The molecule has 0 aliphatic heterocycles. The maximum atomic E-state index is 14.6. The van der Waals surface area contributed by atoms with Crippen molar-refractivity contribution in [3.8, 4) is 16.9 Å². The van der Waals surface area contributed by atoms with Crippen molar-refractivity contribution < 1.29 is 23.6 Å². The van der Waals surface area contributed by atoms with Gasteiger partial charge in [0.05, 0.1) is 22.2 Å². The van der Waals surface area contributed by atoms with Gasteiger partial charge in [0.1, 0.15) is 17.3 Å². The number of nitro groups is 1. The molecule has 2 N–H and O–H groups in total. The fourth-order valence-corrected chi connectivity index (χ4v) is 4.71. The van der Waals surface area contributed by atoms with Gasteiger partial charge in [0.25, 0.3) is 11.6 Å². The molecule has 5 rings (SSSR count). The number of esters is 1. The normalized spacial score (nSPS) is 11.1. The van der Waals surface area contributed by atoms with E-state index in [9.17, 15) is 24.1 Å². The van der Waals surface area contributed by atoms with Gasteiger partial charge in [0.15, 0.2) is 0 Å². The summed E-state index contributed by atoms with van der Waals surface area (Å²) in [6.45, 7) is 0. The minimum absolute atomic E-state index is 0.0504. The highest BCUT2D eigenvalue weighted by atomic mass is 79.9. The average Bonchev–Trinajstić information content (AvgIpc) is 3.35. The summed E-state index contributed by atoms with van der Waals surface area (Å²) in [5.74, 6) is -1.82. The molecule has 5 aromatic rings. The summed E-state index contributed by atoms with van der Waals surface area (Å²) in [4.78, 5) is 39.0. The second-order valence-electron chi connectivity index (χ2n) is 8.59. The van der Waals surface area contributed by atoms with Crippen LogP contribution in [0, 0.1) is 15.9 Å².